The molecule has 3 rings (SSSR count). The Morgan fingerprint density at radius 3 is 2.50 bits per heavy atom. The van der Waals surface area contributed by atoms with E-state index in [9.17, 15) is 9.59 Å². The van der Waals surface area contributed by atoms with Crippen molar-refractivity contribution in [3.05, 3.63) is 60.2 Å². The number of ether oxygens (including phenoxy) is 3. The number of morpholine rings is 1. The zero-order valence-corrected chi connectivity index (χ0v) is 18.3. The minimum absolute atomic E-state index is 0.0265. The van der Waals surface area contributed by atoms with Gasteiger partial charge < -0.3 is 24.1 Å². The smallest absolute Gasteiger partial charge is 0.309 e. The number of nitrogens with zero attached hydrogens (tertiary/aromatic N) is 1. The van der Waals surface area contributed by atoms with Gasteiger partial charge in [0.05, 0.1) is 25.2 Å². The number of benzene rings is 2. The van der Waals surface area contributed by atoms with Gasteiger partial charge in [0.15, 0.2) is 0 Å². The van der Waals surface area contributed by atoms with Crippen molar-refractivity contribution in [2.24, 2.45) is 0 Å². The van der Waals surface area contributed by atoms with E-state index in [1.165, 1.54) is 6.92 Å². The summed E-state index contributed by atoms with van der Waals surface area (Å²) in [7, 11) is 0. The molecule has 2 N–H and O–H groups in total. The van der Waals surface area contributed by atoms with Crippen LogP contribution in [0.15, 0.2) is 54.6 Å². The SMILES string of the molecule is CC(=O)CCC(=O)OCO/C(=C/CN1CCOCC1)c1cccc(-c2ccccc2)c1[OH2+]. The maximum Gasteiger partial charge on any atom is 0.309 e. The fourth-order valence-corrected chi connectivity index (χ4v) is 3.37. The summed E-state index contributed by atoms with van der Waals surface area (Å²) >= 11 is 0. The quantitative estimate of drug-likeness (QED) is 0.244. The van der Waals surface area contributed by atoms with Crippen LogP contribution < -0.4 is 0 Å². The van der Waals surface area contributed by atoms with Gasteiger partial charge in [-0.15, -0.1) is 0 Å². The van der Waals surface area contributed by atoms with Crippen LogP contribution in [-0.4, -0.2) is 61.4 Å². The van der Waals surface area contributed by atoms with E-state index < -0.39 is 5.97 Å². The summed E-state index contributed by atoms with van der Waals surface area (Å²) in [6, 6.07) is 15.4. The molecule has 0 aliphatic carbocycles. The third-order valence-electron chi connectivity index (χ3n) is 5.17. The molecule has 0 radical (unpaired) electrons. The van der Waals surface area contributed by atoms with Gasteiger partial charge in [0.25, 0.3) is 5.75 Å². The molecule has 1 saturated heterocycles. The van der Waals surface area contributed by atoms with Gasteiger partial charge in [-0.3, -0.25) is 9.69 Å². The molecule has 0 aromatic heterocycles. The van der Waals surface area contributed by atoms with E-state index in [2.05, 4.69) is 4.90 Å². The van der Waals surface area contributed by atoms with Gasteiger partial charge in [-0.1, -0.05) is 36.4 Å². The van der Waals surface area contributed by atoms with Gasteiger partial charge in [0, 0.05) is 26.1 Å². The molecule has 0 bridgehead atoms. The molecule has 0 unspecified atom stereocenters. The molecular weight excluding hydrogens is 410 g/mol. The predicted molar refractivity (Wildman–Crippen MR) is 122 cm³/mol. The van der Waals surface area contributed by atoms with Gasteiger partial charge in [0.1, 0.15) is 17.1 Å². The molecule has 32 heavy (non-hydrogen) atoms. The number of Topliss-reactive ketones (excluding diaryl/α,β-unsaturated/α-hetero) is 1. The molecule has 7 nitrogen and oxygen atoms in total. The standard InChI is InChI=1S/C25H29NO6/c1-19(27)10-11-24(28)32-18-31-23(12-13-26-14-16-30-17-15-26)22-9-5-8-21(25(22)29)20-6-3-2-4-7-20/h2-9,12,29H,10-11,13-18H2,1H3/p+1/b23-12+. The van der Waals surface area contributed by atoms with Gasteiger partial charge in [-0.2, -0.15) is 0 Å². The van der Waals surface area contributed by atoms with E-state index >= 15 is 0 Å². The second-order valence-corrected chi connectivity index (χ2v) is 7.56. The maximum absolute atomic E-state index is 11.8. The van der Waals surface area contributed by atoms with Crippen LogP contribution in [0.5, 0.6) is 5.75 Å². The molecule has 2 aromatic rings. The number of hydrogen-bond acceptors (Lipinski definition) is 6. The number of esters is 1. The number of rotatable bonds is 10. The Hall–Kier alpha value is -3.16. The van der Waals surface area contributed by atoms with Crippen LogP contribution in [0.25, 0.3) is 16.9 Å². The second-order valence-electron chi connectivity index (χ2n) is 7.56. The fraction of sp³-hybridized carbons (Fsp3) is 0.360. The zero-order chi connectivity index (χ0) is 22.8. The number of para-hydroxylation sites is 1. The van der Waals surface area contributed by atoms with Gasteiger partial charge in [-0.25, -0.2) is 0 Å². The van der Waals surface area contributed by atoms with Gasteiger partial charge >= 0.3 is 5.97 Å². The average Bonchev–Trinajstić information content (AvgIpc) is 2.81. The first kappa shape index (κ1) is 23.5. The molecule has 1 heterocycles. The summed E-state index contributed by atoms with van der Waals surface area (Å²) in [6.45, 7) is 4.80. The Bertz CT molecular complexity index is 935. The average molecular weight is 441 g/mol. The fourth-order valence-electron chi connectivity index (χ4n) is 3.37. The molecule has 1 aliphatic rings. The van der Waals surface area contributed by atoms with Crippen LogP contribution >= 0.6 is 0 Å². The molecule has 0 amide bonds. The zero-order valence-electron chi connectivity index (χ0n) is 18.3. The Kier molecular flexibility index (Phi) is 8.83. The van der Waals surface area contributed by atoms with E-state index in [-0.39, 0.29) is 25.4 Å². The van der Waals surface area contributed by atoms with E-state index in [1.54, 1.807) is 0 Å². The first-order valence-corrected chi connectivity index (χ1v) is 10.7. The third kappa shape index (κ3) is 6.93. The summed E-state index contributed by atoms with van der Waals surface area (Å²) in [5, 5.41) is 8.77. The lowest BCUT2D eigenvalue weighted by Crippen LogP contribution is -2.36. The van der Waals surface area contributed by atoms with Crippen molar-refractivity contribution in [2.45, 2.75) is 19.8 Å². The van der Waals surface area contributed by atoms with E-state index in [0.29, 0.717) is 36.8 Å². The second kappa shape index (κ2) is 12.0. The highest BCUT2D eigenvalue weighted by Crippen LogP contribution is 2.36. The van der Waals surface area contributed by atoms with E-state index in [0.717, 1.165) is 24.2 Å². The summed E-state index contributed by atoms with van der Waals surface area (Å²) in [6.07, 6.45) is 2.09. The Balaban J connectivity index is 1.77. The normalized spacial score (nSPS) is 14.7. The predicted octanol–water partition coefficient (Wildman–Crippen LogP) is 3.35. The molecular formula is C25H30NO6+. The lowest BCUT2D eigenvalue weighted by molar-refractivity contribution is -0.152. The lowest BCUT2D eigenvalue weighted by Gasteiger charge is -2.25. The Labute approximate surface area is 188 Å². The molecule has 2 aromatic carbocycles. The van der Waals surface area contributed by atoms with Gasteiger partial charge in [0.2, 0.25) is 6.79 Å². The Morgan fingerprint density at radius 1 is 1.03 bits per heavy atom. The van der Waals surface area contributed by atoms with Crippen molar-refractivity contribution in [3.63, 3.8) is 0 Å². The number of hydrogen-bond donors (Lipinski definition) is 0. The van der Waals surface area contributed by atoms with Crippen LogP contribution in [0.3, 0.4) is 0 Å². The number of ketones is 1. The summed E-state index contributed by atoms with van der Waals surface area (Å²) in [5.41, 5.74) is 2.37. The van der Waals surface area contributed by atoms with Crippen LogP contribution in [0, 0.1) is 0 Å². The van der Waals surface area contributed by atoms with Crippen molar-refractivity contribution in [3.8, 4) is 16.9 Å². The number of carbonyl (C=O) groups is 2. The lowest BCUT2D eigenvalue weighted by atomic mass is 10.0. The van der Waals surface area contributed by atoms with Crippen molar-refractivity contribution in [1.82, 2.24) is 4.90 Å². The van der Waals surface area contributed by atoms with Crippen LogP contribution in [0.1, 0.15) is 25.3 Å². The third-order valence-corrected chi connectivity index (χ3v) is 5.17. The molecule has 0 saturated carbocycles. The molecule has 1 aliphatic heterocycles. The highest BCUT2D eigenvalue weighted by Gasteiger charge is 2.19. The minimum Gasteiger partial charge on any atom is -0.592 e. The highest BCUT2D eigenvalue weighted by atomic mass is 16.7. The van der Waals surface area contributed by atoms with Gasteiger partial charge in [-0.05, 0) is 30.7 Å². The Morgan fingerprint density at radius 2 is 1.78 bits per heavy atom. The van der Waals surface area contributed by atoms with Crippen LogP contribution in [0.2, 0.25) is 0 Å². The van der Waals surface area contributed by atoms with Crippen molar-refractivity contribution >= 4 is 17.5 Å². The monoisotopic (exact) mass is 440 g/mol. The maximum atomic E-state index is 11.8. The molecule has 7 heteroatoms. The van der Waals surface area contributed by atoms with Crippen LogP contribution in [0.4, 0.5) is 0 Å². The largest absolute Gasteiger partial charge is 0.592 e. The molecule has 0 atom stereocenters. The van der Waals surface area contributed by atoms with E-state index in [4.69, 9.17) is 19.3 Å². The summed E-state index contributed by atoms with van der Waals surface area (Å²) < 4.78 is 16.4. The van der Waals surface area contributed by atoms with Crippen molar-refractivity contribution in [2.75, 3.05) is 39.6 Å². The number of carbonyl (C=O) groups excluding carboxylic acids is 2. The summed E-state index contributed by atoms with van der Waals surface area (Å²) in [5.74, 6) is 0.274. The van der Waals surface area contributed by atoms with Crippen molar-refractivity contribution < 1.29 is 28.9 Å². The minimum atomic E-state index is -0.489. The van der Waals surface area contributed by atoms with Crippen LogP contribution in [-0.2, 0) is 23.8 Å². The summed E-state index contributed by atoms with van der Waals surface area (Å²) in [4.78, 5) is 25.1. The van der Waals surface area contributed by atoms with E-state index in [1.807, 2.05) is 54.6 Å². The van der Waals surface area contributed by atoms with Crippen molar-refractivity contribution in [1.29, 1.82) is 0 Å². The molecule has 170 valence electrons. The molecule has 1 fully saturated rings. The first-order valence-electron chi connectivity index (χ1n) is 10.7. The topological polar surface area (TPSA) is 88.0 Å². The highest BCUT2D eigenvalue weighted by molar-refractivity contribution is 5.81. The molecule has 0 spiro atoms. The first-order chi connectivity index (χ1) is 15.5.